The maximum atomic E-state index is 13.1. The molecule has 0 aliphatic carbocycles. The molecule has 0 aromatic heterocycles. The van der Waals surface area contributed by atoms with E-state index in [0.717, 1.165) is 18.4 Å². The van der Waals surface area contributed by atoms with Crippen molar-refractivity contribution in [1.29, 1.82) is 0 Å². The first-order chi connectivity index (χ1) is 15.3. The van der Waals surface area contributed by atoms with Gasteiger partial charge in [0.1, 0.15) is 4.90 Å². The zero-order chi connectivity index (χ0) is 23.3. The molecule has 7 nitrogen and oxygen atoms in total. The Morgan fingerprint density at radius 1 is 1.22 bits per heavy atom. The number of hydrogen-bond acceptors (Lipinski definition) is 5. The molecule has 3 rings (SSSR count). The summed E-state index contributed by atoms with van der Waals surface area (Å²) in [5, 5.41) is 2.92. The summed E-state index contributed by atoms with van der Waals surface area (Å²) >= 11 is 6.22. The molecule has 9 heteroatoms. The smallest absolute Gasteiger partial charge is 0.251 e. The van der Waals surface area contributed by atoms with Gasteiger partial charge in [-0.2, -0.15) is 4.31 Å². The number of ether oxygens (including phenoxy) is 2. The largest absolute Gasteiger partial charge is 0.493 e. The number of benzene rings is 2. The highest BCUT2D eigenvalue weighted by molar-refractivity contribution is 7.89. The van der Waals surface area contributed by atoms with Crippen LogP contribution in [0.4, 0.5) is 0 Å². The number of nitrogens with zero attached hydrogens (tertiary/aromatic N) is 1. The number of hydrogen-bond donors (Lipinski definition) is 1. The minimum atomic E-state index is -3.78. The van der Waals surface area contributed by atoms with Gasteiger partial charge in [0.15, 0.2) is 11.5 Å². The first kappa shape index (κ1) is 24.4. The van der Waals surface area contributed by atoms with E-state index < -0.39 is 15.9 Å². The minimum absolute atomic E-state index is 0.0383. The van der Waals surface area contributed by atoms with Crippen LogP contribution in [0.3, 0.4) is 0 Å². The number of carbonyl (C=O) groups excluding carboxylic acids is 1. The highest BCUT2D eigenvalue weighted by Crippen LogP contribution is 2.30. The summed E-state index contributed by atoms with van der Waals surface area (Å²) in [7, 11) is -2.22. The quantitative estimate of drug-likeness (QED) is 0.614. The molecule has 2 aromatic rings. The van der Waals surface area contributed by atoms with Crippen molar-refractivity contribution in [3.63, 3.8) is 0 Å². The molecular formula is C23H29ClN2O5S. The second-order valence-corrected chi connectivity index (χ2v) is 10.2. The van der Waals surface area contributed by atoms with Gasteiger partial charge in [0.2, 0.25) is 10.0 Å². The zero-order valence-electron chi connectivity index (χ0n) is 18.6. The third-order valence-electron chi connectivity index (χ3n) is 5.41. The second kappa shape index (κ2) is 10.6. The van der Waals surface area contributed by atoms with Crippen molar-refractivity contribution >= 4 is 27.5 Å². The number of methoxy groups -OCH3 is 1. The van der Waals surface area contributed by atoms with Crippen LogP contribution >= 0.6 is 11.6 Å². The van der Waals surface area contributed by atoms with Crippen molar-refractivity contribution in [2.75, 3.05) is 26.8 Å². The Kier molecular flexibility index (Phi) is 8.03. The maximum Gasteiger partial charge on any atom is 0.251 e. The molecule has 1 atom stereocenters. The van der Waals surface area contributed by atoms with Gasteiger partial charge in [-0.25, -0.2) is 8.42 Å². The topological polar surface area (TPSA) is 84.9 Å². The van der Waals surface area contributed by atoms with Gasteiger partial charge >= 0.3 is 0 Å². The van der Waals surface area contributed by atoms with Crippen LogP contribution in [0.5, 0.6) is 11.5 Å². The zero-order valence-corrected chi connectivity index (χ0v) is 20.1. The number of rotatable bonds is 8. The van der Waals surface area contributed by atoms with Crippen molar-refractivity contribution < 1.29 is 22.7 Å². The summed E-state index contributed by atoms with van der Waals surface area (Å²) < 4.78 is 38.6. The standard InChI is InChI=1S/C23H29ClN2O5S/c1-4-31-20-10-7-17(12-21(20)30-3)14-25-23(27)18-8-9-19(24)22(13-18)32(28,29)26-11-5-6-16(2)15-26/h7-10,12-13,16H,4-6,11,14-15H2,1-3H3,(H,25,27). The second-order valence-electron chi connectivity index (χ2n) is 7.86. The van der Waals surface area contributed by atoms with Gasteiger partial charge in [-0.1, -0.05) is 24.6 Å². The average Bonchev–Trinajstić information content (AvgIpc) is 2.78. The number of carbonyl (C=O) groups is 1. The van der Waals surface area contributed by atoms with Crippen molar-refractivity contribution in [3.05, 3.63) is 52.5 Å². The van der Waals surface area contributed by atoms with Crippen LogP contribution in [0.1, 0.15) is 42.6 Å². The molecule has 1 heterocycles. The molecule has 1 amide bonds. The third kappa shape index (κ3) is 5.54. The van der Waals surface area contributed by atoms with Crippen LogP contribution in [-0.4, -0.2) is 45.4 Å². The molecule has 1 N–H and O–H groups in total. The fourth-order valence-corrected chi connectivity index (χ4v) is 5.83. The van der Waals surface area contributed by atoms with E-state index >= 15 is 0 Å². The lowest BCUT2D eigenvalue weighted by atomic mass is 10.0. The molecule has 32 heavy (non-hydrogen) atoms. The molecular weight excluding hydrogens is 452 g/mol. The van der Waals surface area contributed by atoms with E-state index in [4.69, 9.17) is 21.1 Å². The van der Waals surface area contributed by atoms with Crippen LogP contribution in [0, 0.1) is 5.92 Å². The monoisotopic (exact) mass is 480 g/mol. The van der Waals surface area contributed by atoms with E-state index in [-0.39, 0.29) is 27.9 Å². The van der Waals surface area contributed by atoms with Crippen molar-refractivity contribution in [1.82, 2.24) is 9.62 Å². The summed E-state index contributed by atoms with van der Waals surface area (Å²) in [5.41, 5.74) is 1.05. The molecule has 1 unspecified atom stereocenters. The Hall–Kier alpha value is -2.29. The van der Waals surface area contributed by atoms with Gasteiger partial charge < -0.3 is 14.8 Å². The van der Waals surface area contributed by atoms with Crippen LogP contribution in [0.2, 0.25) is 5.02 Å². The third-order valence-corrected chi connectivity index (χ3v) is 7.76. The van der Waals surface area contributed by atoms with E-state index in [9.17, 15) is 13.2 Å². The molecule has 2 aromatic carbocycles. The van der Waals surface area contributed by atoms with Crippen LogP contribution in [0.25, 0.3) is 0 Å². The van der Waals surface area contributed by atoms with Crippen molar-refractivity contribution in [2.45, 2.75) is 38.1 Å². The molecule has 0 radical (unpaired) electrons. The van der Waals surface area contributed by atoms with Crippen LogP contribution in [-0.2, 0) is 16.6 Å². The van der Waals surface area contributed by atoms with E-state index in [2.05, 4.69) is 5.32 Å². The normalized spacial score (nSPS) is 17.1. The number of piperidine rings is 1. The van der Waals surface area contributed by atoms with E-state index in [1.807, 2.05) is 19.9 Å². The maximum absolute atomic E-state index is 13.1. The summed E-state index contributed by atoms with van der Waals surface area (Å²) in [5.74, 6) is 1.10. The Bertz CT molecular complexity index is 1070. The number of amides is 1. The minimum Gasteiger partial charge on any atom is -0.493 e. The fourth-order valence-electron chi connectivity index (χ4n) is 3.73. The van der Waals surface area contributed by atoms with Crippen molar-refractivity contribution in [3.8, 4) is 11.5 Å². The lowest BCUT2D eigenvalue weighted by Crippen LogP contribution is -2.39. The van der Waals surface area contributed by atoms with Crippen LogP contribution in [0.15, 0.2) is 41.3 Å². The number of halogens is 1. The number of nitrogens with one attached hydrogen (secondary N) is 1. The fraction of sp³-hybridized carbons (Fsp3) is 0.435. The van der Waals surface area contributed by atoms with E-state index in [1.165, 1.54) is 22.5 Å². The molecule has 1 fully saturated rings. The van der Waals surface area contributed by atoms with Crippen molar-refractivity contribution in [2.24, 2.45) is 5.92 Å². The Balaban J connectivity index is 1.75. The molecule has 0 saturated carbocycles. The summed E-state index contributed by atoms with van der Waals surface area (Å²) in [4.78, 5) is 12.7. The predicted octanol–water partition coefficient (Wildman–Crippen LogP) is 4.10. The van der Waals surface area contributed by atoms with Gasteiger partial charge in [0.25, 0.3) is 5.91 Å². The van der Waals surface area contributed by atoms with Gasteiger partial charge in [-0.3, -0.25) is 4.79 Å². The lowest BCUT2D eigenvalue weighted by molar-refractivity contribution is 0.0950. The average molecular weight is 481 g/mol. The van der Waals surface area contributed by atoms with Crippen LogP contribution < -0.4 is 14.8 Å². The lowest BCUT2D eigenvalue weighted by Gasteiger charge is -2.30. The molecule has 0 spiro atoms. The van der Waals surface area contributed by atoms with Gasteiger partial charge in [-0.05, 0) is 61.6 Å². The number of sulfonamides is 1. The highest BCUT2D eigenvalue weighted by atomic mass is 35.5. The van der Waals surface area contributed by atoms with Gasteiger partial charge in [0, 0.05) is 25.2 Å². The molecule has 1 aliphatic heterocycles. The van der Waals surface area contributed by atoms with E-state index in [0.29, 0.717) is 31.2 Å². The molecule has 174 valence electrons. The Morgan fingerprint density at radius 2 is 2.00 bits per heavy atom. The summed E-state index contributed by atoms with van der Waals surface area (Å²) in [6.45, 7) is 5.59. The van der Waals surface area contributed by atoms with Gasteiger partial charge in [-0.15, -0.1) is 0 Å². The first-order valence-corrected chi connectivity index (χ1v) is 12.5. The van der Waals surface area contributed by atoms with E-state index in [1.54, 1.807) is 19.2 Å². The predicted molar refractivity (Wildman–Crippen MR) is 124 cm³/mol. The molecule has 1 aliphatic rings. The Labute approximate surface area is 194 Å². The first-order valence-electron chi connectivity index (χ1n) is 10.6. The molecule has 1 saturated heterocycles. The van der Waals surface area contributed by atoms with Gasteiger partial charge in [0.05, 0.1) is 18.7 Å². The SMILES string of the molecule is CCOc1ccc(CNC(=O)c2ccc(Cl)c(S(=O)(=O)N3CCCC(C)C3)c2)cc1OC. The molecule has 0 bridgehead atoms. The Morgan fingerprint density at radius 3 is 2.69 bits per heavy atom. The highest BCUT2D eigenvalue weighted by Gasteiger charge is 2.30. The summed E-state index contributed by atoms with van der Waals surface area (Å²) in [6, 6.07) is 9.75. The summed E-state index contributed by atoms with van der Waals surface area (Å²) in [6.07, 6.45) is 1.81.